The molecular weight excluding hydrogens is 1490 g/mol. The maximum atomic E-state index is 14.8. The Labute approximate surface area is 630 Å². The van der Waals surface area contributed by atoms with Gasteiger partial charge in [0.15, 0.2) is 11.5 Å². The van der Waals surface area contributed by atoms with Gasteiger partial charge in [0.25, 0.3) is 11.8 Å². The minimum Gasteiger partial charge on any atom is -0.508 e. The summed E-state index contributed by atoms with van der Waals surface area (Å²) >= 11 is 53.5. The topological polar surface area (TPSA) is 148 Å². The maximum Gasteiger partial charge on any atom is 0.410 e. The Morgan fingerprint density at radius 1 is 0.515 bits per heavy atom. The zero-order chi connectivity index (χ0) is 72.2. The Morgan fingerprint density at radius 2 is 0.879 bits per heavy atom. The molecule has 0 radical (unpaired) electrons. The van der Waals surface area contributed by atoms with Gasteiger partial charge in [0, 0.05) is 54.7 Å². The van der Waals surface area contributed by atoms with Crippen LogP contribution in [0.3, 0.4) is 0 Å². The van der Waals surface area contributed by atoms with E-state index < -0.39 is 35.5 Å². The number of phenols is 1. The van der Waals surface area contributed by atoms with Crippen LogP contribution in [0.1, 0.15) is 140 Å². The number of benzene rings is 6. The highest BCUT2D eigenvalue weighted by Crippen LogP contribution is 2.43. The summed E-state index contributed by atoms with van der Waals surface area (Å²) in [6, 6.07) is 32.0. The monoisotopic (exact) mass is 1570 g/mol. The number of amides is 4. The van der Waals surface area contributed by atoms with E-state index in [2.05, 4.69) is 15.9 Å². The summed E-state index contributed by atoms with van der Waals surface area (Å²) in [5.74, 6) is 1.58. The van der Waals surface area contributed by atoms with Gasteiger partial charge in [0.1, 0.15) is 35.9 Å². The van der Waals surface area contributed by atoms with Crippen molar-refractivity contribution in [3.8, 4) is 23.0 Å². The fraction of sp³-hybridized carbons (Fsp3) is 0.421. The number of ether oxygens (including phenoxy) is 5. The number of hydrogen-bond acceptors (Lipinski definition) is 10. The molecule has 0 aromatic heterocycles. The van der Waals surface area contributed by atoms with Crippen LogP contribution in [0.15, 0.2) is 120 Å². The number of rotatable bonds is 20. The molecule has 2 aliphatic carbocycles. The predicted octanol–water partition coefficient (Wildman–Crippen LogP) is 21.6. The van der Waals surface area contributed by atoms with E-state index in [0.717, 1.165) is 75.5 Å². The predicted molar refractivity (Wildman–Crippen MR) is 404 cm³/mol. The summed E-state index contributed by atoms with van der Waals surface area (Å²) in [7, 11) is 0. The molecule has 99 heavy (non-hydrogen) atoms. The standard InChI is InChI=1S/C38H42Cl4N2O5.C29H34Cl2N2O4.C9H9BrCl2O/c1-6-32-33(36(45)44(26-12-13-26)22-25-8-7-9-29(39)34(25)42)28(16-17-43(32)37(46)49-38(3,4)5)24-10-14-27(15-11-24)47-18-19-48-35-30(40)20-23(2)21-31(35)41;1-5-24-25(27(35)33(20-11-12-20)17-19-7-6-8-23(30)26(19)31)22(18-9-13-21(34)14-10-18)15-16-32(24)28(36)37-29(2,3)4;1-6-4-7(11)9(8(12)5-6)13-3-2-10/h7-11,14-15,20-21,26,32H,6,12-13,16-19,22H2,1-5H3;6-10,13-14,20,24,34H,5,11-12,15-17H2,1-4H3;4-5H,2-3H2,1H3/t32-;24-;/m11./s1. The molecule has 1 N–H and O–H groups in total. The maximum absolute atomic E-state index is 14.8. The average Bonchev–Trinajstić information content (AvgIpc) is 1.56. The molecule has 6 aromatic rings. The van der Waals surface area contributed by atoms with E-state index in [1.54, 1.807) is 46.2 Å². The molecule has 4 aliphatic rings. The normalized spacial score (nSPS) is 16.2. The zero-order valence-corrected chi connectivity index (χ0v) is 65.0. The Morgan fingerprint density at radius 3 is 1.23 bits per heavy atom. The largest absolute Gasteiger partial charge is 0.508 e. The first-order valence-electron chi connectivity index (χ1n) is 33.1. The van der Waals surface area contributed by atoms with Gasteiger partial charge in [-0.2, -0.15) is 0 Å². The Kier molecular flexibility index (Phi) is 28.3. The van der Waals surface area contributed by atoms with Crippen LogP contribution in [-0.2, 0) is 32.2 Å². The summed E-state index contributed by atoms with van der Waals surface area (Å²) < 4.78 is 28.6. The summed E-state index contributed by atoms with van der Waals surface area (Å²) in [5, 5.41) is 14.4. The number of carbonyl (C=O) groups excluding carboxylic acids is 4. The van der Waals surface area contributed by atoms with Crippen LogP contribution in [0.5, 0.6) is 23.0 Å². The third-order valence-electron chi connectivity index (χ3n) is 16.6. The van der Waals surface area contributed by atoms with Crippen molar-refractivity contribution in [2.75, 3.05) is 38.2 Å². The number of aryl methyl sites for hydroxylation is 2. The van der Waals surface area contributed by atoms with Gasteiger partial charge in [0.2, 0.25) is 0 Å². The van der Waals surface area contributed by atoms with Crippen LogP contribution in [0, 0.1) is 13.8 Å². The number of phenolic OH excluding ortho intramolecular Hbond substituents is 1. The van der Waals surface area contributed by atoms with Gasteiger partial charge in [-0.25, -0.2) is 9.59 Å². The van der Waals surface area contributed by atoms with Crippen LogP contribution >= 0.6 is 109 Å². The minimum absolute atomic E-state index is 0.0772. The van der Waals surface area contributed by atoms with Crippen molar-refractivity contribution in [2.24, 2.45) is 0 Å². The molecular formula is C76H85BrCl8N4O10. The molecule has 10 rings (SSSR count). The summed E-state index contributed by atoms with van der Waals surface area (Å²) in [5.41, 5.74) is 6.95. The van der Waals surface area contributed by atoms with E-state index in [9.17, 15) is 24.3 Å². The molecule has 4 amide bonds. The summed E-state index contributed by atoms with van der Waals surface area (Å²) in [6.45, 7) is 21.4. The van der Waals surface area contributed by atoms with Crippen molar-refractivity contribution in [1.82, 2.24) is 19.6 Å². The number of nitrogens with zero attached hydrogens (tertiary/aromatic N) is 4. The molecule has 0 spiro atoms. The lowest BCUT2D eigenvalue weighted by Crippen LogP contribution is -2.50. The van der Waals surface area contributed by atoms with E-state index in [1.807, 2.05) is 152 Å². The van der Waals surface area contributed by atoms with Gasteiger partial charge in [-0.05, 0) is 212 Å². The minimum atomic E-state index is -0.674. The van der Waals surface area contributed by atoms with Crippen molar-refractivity contribution < 1.29 is 48.0 Å². The lowest BCUT2D eigenvalue weighted by atomic mass is 9.86. The Hall–Kier alpha value is -5.72. The third kappa shape index (κ3) is 21.4. The smallest absolute Gasteiger partial charge is 0.410 e. The quantitative estimate of drug-likeness (QED) is 0.0578. The van der Waals surface area contributed by atoms with E-state index in [1.165, 1.54) is 0 Å². The fourth-order valence-electron chi connectivity index (χ4n) is 11.9. The van der Waals surface area contributed by atoms with E-state index >= 15 is 0 Å². The second kappa shape index (κ2) is 35.4. The molecule has 6 aromatic carbocycles. The molecule has 2 fully saturated rings. The SMILES string of the molecule is CC[C@@H]1C(C(=O)N(Cc2cccc(Cl)c2Cl)C2CC2)=C(c2ccc(O)cc2)CCN1C(=O)OC(C)(C)C.CC[C@@H]1C(C(=O)N(Cc2cccc(Cl)c2Cl)C2CC2)=C(c2ccc(OCCOc3c(Cl)cc(C)cc3Cl)cc2)CCN1C(=O)OC(C)(C)C.Cc1cc(Cl)c(OCCBr)c(Cl)c1. The number of halogens is 9. The van der Waals surface area contributed by atoms with E-state index in [4.69, 9.17) is 116 Å². The van der Waals surface area contributed by atoms with E-state index in [0.29, 0.717) is 127 Å². The molecule has 532 valence electrons. The van der Waals surface area contributed by atoms with Crippen LogP contribution in [0.4, 0.5) is 9.59 Å². The first kappa shape index (κ1) is 79.0. The average molecular weight is 1580 g/mol. The second-order valence-electron chi connectivity index (χ2n) is 26.7. The van der Waals surface area contributed by atoms with Gasteiger partial charge >= 0.3 is 12.2 Å². The molecule has 14 nitrogen and oxygen atoms in total. The molecule has 0 unspecified atom stereocenters. The Bertz CT molecular complexity index is 3880. The molecule has 2 heterocycles. The zero-order valence-electron chi connectivity index (χ0n) is 57.3. The molecule has 0 bridgehead atoms. The molecule has 2 atom stereocenters. The highest BCUT2D eigenvalue weighted by Gasteiger charge is 2.45. The van der Waals surface area contributed by atoms with Gasteiger partial charge in [-0.1, -0.05) is 171 Å². The first-order chi connectivity index (χ1) is 46.9. The van der Waals surface area contributed by atoms with Crippen LogP contribution in [0.2, 0.25) is 40.2 Å². The number of alkyl halides is 1. The first-order valence-corrected chi connectivity index (χ1v) is 37.2. The van der Waals surface area contributed by atoms with Gasteiger partial charge in [-0.3, -0.25) is 9.59 Å². The van der Waals surface area contributed by atoms with Crippen molar-refractivity contribution in [3.05, 3.63) is 194 Å². The summed E-state index contributed by atoms with van der Waals surface area (Å²) in [4.78, 5) is 63.0. The fourth-order valence-corrected chi connectivity index (χ4v) is 14.2. The highest BCUT2D eigenvalue weighted by atomic mass is 79.9. The van der Waals surface area contributed by atoms with Crippen molar-refractivity contribution in [3.63, 3.8) is 0 Å². The molecule has 23 heteroatoms. The number of hydrogen-bond donors (Lipinski definition) is 1. The van der Waals surface area contributed by atoms with Crippen LogP contribution in [0.25, 0.3) is 11.1 Å². The lowest BCUT2D eigenvalue weighted by molar-refractivity contribution is -0.130. The van der Waals surface area contributed by atoms with Gasteiger partial charge < -0.3 is 48.4 Å². The molecule has 2 aliphatic heterocycles. The van der Waals surface area contributed by atoms with Crippen LogP contribution in [-0.4, -0.2) is 122 Å². The van der Waals surface area contributed by atoms with Crippen molar-refractivity contribution in [1.29, 1.82) is 0 Å². The third-order valence-corrected chi connectivity index (χ3v) is 19.8. The van der Waals surface area contributed by atoms with Crippen molar-refractivity contribution >= 4 is 144 Å². The van der Waals surface area contributed by atoms with E-state index in [-0.39, 0.29) is 42.9 Å². The highest BCUT2D eigenvalue weighted by molar-refractivity contribution is 9.09. The number of carbonyl (C=O) groups is 4. The van der Waals surface area contributed by atoms with Crippen LogP contribution < -0.4 is 14.2 Å². The molecule has 2 saturated carbocycles. The second-order valence-corrected chi connectivity index (χ2v) is 30.6. The summed E-state index contributed by atoms with van der Waals surface area (Å²) in [6.07, 6.45) is 4.85. The molecule has 0 saturated heterocycles. The number of aromatic hydroxyl groups is 1. The van der Waals surface area contributed by atoms with Gasteiger partial charge in [0.05, 0.1) is 58.9 Å². The van der Waals surface area contributed by atoms with Crippen molar-refractivity contribution in [2.45, 2.75) is 169 Å². The Balaban J connectivity index is 0.000000219. The van der Waals surface area contributed by atoms with Gasteiger partial charge in [-0.15, -0.1) is 0 Å². The lowest BCUT2D eigenvalue weighted by Gasteiger charge is -2.40.